The summed E-state index contributed by atoms with van der Waals surface area (Å²) in [6, 6.07) is 0. The quantitative estimate of drug-likeness (QED) is 0.801. The Hall–Kier alpha value is -1.56. The maximum Gasteiger partial charge on any atom is 0.242 e. The molecule has 0 amide bonds. The lowest BCUT2D eigenvalue weighted by Gasteiger charge is -2.19. The van der Waals surface area contributed by atoms with Gasteiger partial charge in [-0.3, -0.25) is 0 Å². The predicted molar refractivity (Wildman–Crippen MR) is 69.6 cm³/mol. The van der Waals surface area contributed by atoms with E-state index in [4.69, 9.17) is 15.6 Å². The number of anilines is 2. The van der Waals surface area contributed by atoms with Crippen molar-refractivity contribution in [1.82, 2.24) is 9.97 Å². The Morgan fingerprint density at radius 1 is 1.56 bits per heavy atom. The molecule has 6 heteroatoms. The van der Waals surface area contributed by atoms with Gasteiger partial charge in [0.25, 0.3) is 0 Å². The fourth-order valence-corrected chi connectivity index (χ4v) is 2.11. The van der Waals surface area contributed by atoms with Crippen LogP contribution in [0.3, 0.4) is 0 Å². The van der Waals surface area contributed by atoms with Crippen LogP contribution in [0.1, 0.15) is 19.8 Å². The lowest BCUT2D eigenvalue weighted by Crippen LogP contribution is -2.23. The highest BCUT2D eigenvalue weighted by Crippen LogP contribution is 2.31. The van der Waals surface area contributed by atoms with E-state index < -0.39 is 0 Å². The third-order valence-electron chi connectivity index (χ3n) is 3.11. The van der Waals surface area contributed by atoms with Gasteiger partial charge in [0.1, 0.15) is 12.0 Å². The van der Waals surface area contributed by atoms with E-state index in [0.717, 1.165) is 25.9 Å². The van der Waals surface area contributed by atoms with Gasteiger partial charge in [-0.2, -0.15) is 4.98 Å². The molecule has 1 unspecified atom stereocenters. The van der Waals surface area contributed by atoms with E-state index >= 15 is 0 Å². The van der Waals surface area contributed by atoms with Crippen LogP contribution in [-0.2, 0) is 0 Å². The molecule has 18 heavy (non-hydrogen) atoms. The topological polar surface area (TPSA) is 84.5 Å². The largest absolute Gasteiger partial charge is 0.476 e. The van der Waals surface area contributed by atoms with Crippen LogP contribution >= 0.6 is 0 Å². The van der Waals surface area contributed by atoms with Gasteiger partial charge in [-0.15, -0.1) is 0 Å². The zero-order valence-corrected chi connectivity index (χ0v) is 10.7. The Kier molecular flexibility index (Phi) is 4.19. The van der Waals surface area contributed by atoms with Crippen molar-refractivity contribution in [2.45, 2.75) is 19.8 Å². The molecule has 0 bridgehead atoms. The van der Waals surface area contributed by atoms with E-state index in [2.05, 4.69) is 14.9 Å². The number of ether oxygens (including phenoxy) is 1. The van der Waals surface area contributed by atoms with Crippen molar-refractivity contribution in [1.29, 1.82) is 0 Å². The molecule has 2 rings (SSSR count). The van der Waals surface area contributed by atoms with Gasteiger partial charge >= 0.3 is 0 Å². The lowest BCUT2D eigenvalue weighted by molar-refractivity contribution is 0.238. The number of hydrogen-bond donors (Lipinski definition) is 2. The average Bonchev–Trinajstić information content (AvgIpc) is 2.86. The Morgan fingerprint density at radius 3 is 3.06 bits per heavy atom. The monoisotopic (exact) mass is 252 g/mol. The van der Waals surface area contributed by atoms with Gasteiger partial charge in [0.15, 0.2) is 5.82 Å². The predicted octanol–water partition coefficient (Wildman–Crippen LogP) is 0.666. The number of nitrogen functional groups attached to an aromatic ring is 1. The first-order valence-electron chi connectivity index (χ1n) is 6.35. The molecule has 6 nitrogen and oxygen atoms in total. The van der Waals surface area contributed by atoms with Gasteiger partial charge < -0.3 is 20.5 Å². The van der Waals surface area contributed by atoms with Crippen LogP contribution in [0.15, 0.2) is 6.33 Å². The van der Waals surface area contributed by atoms with Crippen molar-refractivity contribution in [2.24, 2.45) is 5.92 Å². The molecule has 0 radical (unpaired) electrons. The molecule has 0 aliphatic carbocycles. The highest BCUT2D eigenvalue weighted by molar-refractivity contribution is 5.68. The van der Waals surface area contributed by atoms with E-state index in [1.54, 1.807) is 0 Å². The Bertz CT molecular complexity index is 400. The van der Waals surface area contributed by atoms with E-state index in [0.29, 0.717) is 29.9 Å². The number of rotatable bonds is 5. The average molecular weight is 252 g/mol. The SMILES string of the molecule is CCCOc1ncnc(N2CCC(CO)C2)c1N. The first-order valence-corrected chi connectivity index (χ1v) is 6.35. The van der Waals surface area contributed by atoms with Crippen molar-refractivity contribution in [2.75, 3.05) is 36.9 Å². The number of aromatic nitrogens is 2. The second-order valence-corrected chi connectivity index (χ2v) is 4.55. The molecule has 1 fully saturated rings. The molecule has 100 valence electrons. The molecule has 1 aromatic rings. The van der Waals surface area contributed by atoms with Crippen LogP contribution in [-0.4, -0.2) is 41.4 Å². The van der Waals surface area contributed by atoms with E-state index in [9.17, 15) is 0 Å². The second kappa shape index (κ2) is 5.86. The molecular weight excluding hydrogens is 232 g/mol. The van der Waals surface area contributed by atoms with Crippen molar-refractivity contribution in [3.8, 4) is 5.88 Å². The molecule has 0 saturated carbocycles. The van der Waals surface area contributed by atoms with Crippen LogP contribution < -0.4 is 15.4 Å². The fraction of sp³-hybridized carbons (Fsp3) is 0.667. The summed E-state index contributed by atoms with van der Waals surface area (Å²) in [5.41, 5.74) is 6.53. The summed E-state index contributed by atoms with van der Waals surface area (Å²) in [4.78, 5) is 10.4. The van der Waals surface area contributed by atoms with Gasteiger partial charge in [0.05, 0.1) is 6.61 Å². The lowest BCUT2D eigenvalue weighted by atomic mass is 10.1. The van der Waals surface area contributed by atoms with Gasteiger partial charge in [-0.05, 0) is 12.8 Å². The van der Waals surface area contributed by atoms with Crippen molar-refractivity contribution < 1.29 is 9.84 Å². The minimum atomic E-state index is 0.209. The standard InChI is InChI=1S/C12H20N4O2/c1-2-5-18-12-10(13)11(14-8-15-12)16-4-3-9(6-16)7-17/h8-9,17H,2-7,13H2,1H3. The molecule has 0 spiro atoms. The van der Waals surface area contributed by atoms with Crippen molar-refractivity contribution in [3.63, 3.8) is 0 Å². The minimum Gasteiger partial charge on any atom is -0.476 e. The van der Waals surface area contributed by atoms with Gasteiger partial charge in [0.2, 0.25) is 5.88 Å². The maximum atomic E-state index is 9.16. The van der Waals surface area contributed by atoms with Gasteiger partial charge in [0, 0.05) is 25.6 Å². The first-order chi connectivity index (χ1) is 8.76. The number of nitrogens with zero attached hydrogens (tertiary/aromatic N) is 3. The van der Waals surface area contributed by atoms with Crippen LogP contribution in [0.4, 0.5) is 11.5 Å². The smallest absolute Gasteiger partial charge is 0.242 e. The molecule has 0 aromatic carbocycles. The number of aliphatic hydroxyl groups excluding tert-OH is 1. The fourth-order valence-electron chi connectivity index (χ4n) is 2.11. The summed E-state index contributed by atoms with van der Waals surface area (Å²) in [6.45, 7) is 4.48. The second-order valence-electron chi connectivity index (χ2n) is 4.55. The Morgan fingerprint density at radius 2 is 2.39 bits per heavy atom. The molecular formula is C12H20N4O2. The summed E-state index contributed by atoms with van der Waals surface area (Å²) < 4.78 is 5.49. The third kappa shape index (κ3) is 2.64. The summed E-state index contributed by atoms with van der Waals surface area (Å²) in [6.07, 6.45) is 3.35. The molecule has 1 atom stereocenters. The molecule has 1 aliphatic rings. The summed E-state index contributed by atoms with van der Waals surface area (Å²) in [5, 5.41) is 9.16. The summed E-state index contributed by atoms with van der Waals surface area (Å²) >= 11 is 0. The summed E-state index contributed by atoms with van der Waals surface area (Å²) in [7, 11) is 0. The highest BCUT2D eigenvalue weighted by Gasteiger charge is 2.25. The third-order valence-corrected chi connectivity index (χ3v) is 3.11. The molecule has 3 N–H and O–H groups in total. The van der Waals surface area contributed by atoms with Gasteiger partial charge in [-0.1, -0.05) is 6.92 Å². The maximum absolute atomic E-state index is 9.16. The molecule has 2 heterocycles. The molecule has 1 saturated heterocycles. The number of aliphatic hydroxyl groups is 1. The van der Waals surface area contributed by atoms with E-state index in [1.165, 1.54) is 6.33 Å². The van der Waals surface area contributed by atoms with Crippen LogP contribution in [0.25, 0.3) is 0 Å². The zero-order chi connectivity index (χ0) is 13.0. The minimum absolute atomic E-state index is 0.209. The highest BCUT2D eigenvalue weighted by atomic mass is 16.5. The van der Waals surface area contributed by atoms with Crippen molar-refractivity contribution >= 4 is 11.5 Å². The van der Waals surface area contributed by atoms with E-state index in [1.807, 2.05) is 6.92 Å². The Labute approximate surface area is 107 Å². The zero-order valence-electron chi connectivity index (χ0n) is 10.7. The number of nitrogens with two attached hydrogens (primary N) is 1. The van der Waals surface area contributed by atoms with Crippen LogP contribution in [0, 0.1) is 5.92 Å². The summed E-state index contributed by atoms with van der Waals surface area (Å²) in [5.74, 6) is 1.47. The van der Waals surface area contributed by atoms with Gasteiger partial charge in [-0.25, -0.2) is 4.98 Å². The van der Waals surface area contributed by atoms with Crippen molar-refractivity contribution in [3.05, 3.63) is 6.33 Å². The molecule has 1 aromatic heterocycles. The number of hydrogen-bond acceptors (Lipinski definition) is 6. The first kappa shape index (κ1) is 12.9. The van der Waals surface area contributed by atoms with E-state index in [-0.39, 0.29) is 6.61 Å². The van der Waals surface area contributed by atoms with Crippen LogP contribution in [0.2, 0.25) is 0 Å². The molecule has 1 aliphatic heterocycles. The van der Waals surface area contributed by atoms with Crippen LogP contribution in [0.5, 0.6) is 5.88 Å². The Balaban J connectivity index is 2.13. The normalized spacial score (nSPS) is 19.2.